The molecule has 0 unspecified atom stereocenters. The summed E-state index contributed by atoms with van der Waals surface area (Å²) < 4.78 is 4.82. The first-order valence-corrected chi connectivity index (χ1v) is 8.04. The van der Waals surface area contributed by atoms with Crippen molar-refractivity contribution in [1.82, 2.24) is 4.90 Å². The van der Waals surface area contributed by atoms with Crippen molar-refractivity contribution in [2.24, 2.45) is 11.8 Å². The van der Waals surface area contributed by atoms with Gasteiger partial charge >= 0.3 is 5.97 Å². The molecule has 1 saturated heterocycles. The summed E-state index contributed by atoms with van der Waals surface area (Å²) in [4.78, 5) is 36.5. The van der Waals surface area contributed by atoms with Crippen LogP contribution in [-0.2, 0) is 19.1 Å². The zero-order valence-corrected chi connectivity index (χ0v) is 13.4. The highest BCUT2D eigenvalue weighted by atomic mass is 32.2. The number of carbonyl (C=O) groups excluding carboxylic acids is 3. The number of aliphatic hydroxyl groups is 1. The van der Waals surface area contributed by atoms with E-state index in [9.17, 15) is 24.6 Å². The predicted molar refractivity (Wildman–Crippen MR) is 76.1 cm³/mol. The molecule has 0 aromatic heterocycles. The Hall–Kier alpha value is -1.54. The molecule has 2 heterocycles. The number of aliphatic hydroxyl groups excluding tert-OH is 1. The van der Waals surface area contributed by atoms with E-state index in [4.69, 9.17) is 4.74 Å². The minimum Gasteiger partial charge on any atom is -0.543 e. The lowest BCUT2D eigenvalue weighted by Gasteiger charge is -2.47. The Morgan fingerprint density at radius 2 is 2.14 bits per heavy atom. The number of amides is 1. The van der Waals surface area contributed by atoms with Gasteiger partial charge in [-0.05, 0) is 13.8 Å². The number of thioether (sulfide) groups is 1. The van der Waals surface area contributed by atoms with E-state index < -0.39 is 35.9 Å². The smallest absolute Gasteiger partial charge is 0.316 e. The maximum absolute atomic E-state index is 12.1. The van der Waals surface area contributed by atoms with Gasteiger partial charge in [-0.25, -0.2) is 0 Å². The Kier molecular flexibility index (Phi) is 4.81. The number of aliphatic carboxylic acids is 1. The van der Waals surface area contributed by atoms with Crippen molar-refractivity contribution in [3.8, 4) is 0 Å². The van der Waals surface area contributed by atoms with Gasteiger partial charge in [-0.2, -0.15) is 0 Å². The predicted octanol–water partition coefficient (Wildman–Crippen LogP) is -0.898. The number of β-lactam (4-membered cyclic amide) rings is 1. The molecule has 1 fully saturated rings. The fourth-order valence-corrected chi connectivity index (χ4v) is 4.12. The topological polar surface area (TPSA) is 107 Å². The van der Waals surface area contributed by atoms with E-state index >= 15 is 0 Å². The molecule has 2 rings (SSSR count). The number of hydrogen-bond donors (Lipinski definition) is 1. The molecule has 22 heavy (non-hydrogen) atoms. The van der Waals surface area contributed by atoms with E-state index in [0.29, 0.717) is 4.91 Å². The molecule has 122 valence electrons. The molecular weight excluding hydrogens is 310 g/mol. The van der Waals surface area contributed by atoms with Crippen molar-refractivity contribution in [1.29, 1.82) is 0 Å². The van der Waals surface area contributed by atoms with E-state index in [1.54, 1.807) is 13.8 Å². The third-order valence-corrected chi connectivity index (χ3v) is 5.21. The molecule has 0 aromatic rings. The Balaban J connectivity index is 2.22. The quantitative estimate of drug-likeness (QED) is 0.497. The molecule has 1 amide bonds. The van der Waals surface area contributed by atoms with Crippen molar-refractivity contribution in [2.75, 3.05) is 12.4 Å². The molecule has 2 aliphatic heterocycles. The lowest BCUT2D eigenvalue weighted by molar-refractivity contribution is -0.301. The molecule has 0 saturated carbocycles. The summed E-state index contributed by atoms with van der Waals surface area (Å²) in [5.74, 6) is -3.23. The molecule has 4 atom stereocenters. The summed E-state index contributed by atoms with van der Waals surface area (Å²) in [6.45, 7) is 5.22. The lowest BCUT2D eigenvalue weighted by atomic mass is 9.79. The average Bonchev–Trinajstić information content (AvgIpc) is 2.66. The summed E-state index contributed by atoms with van der Waals surface area (Å²) in [5, 5.41) is 21.1. The van der Waals surface area contributed by atoms with E-state index in [2.05, 4.69) is 0 Å². The number of esters is 1. The molecule has 7 nitrogen and oxygen atoms in total. The monoisotopic (exact) mass is 328 g/mol. The van der Waals surface area contributed by atoms with Crippen molar-refractivity contribution in [3.63, 3.8) is 0 Å². The second-order valence-corrected chi connectivity index (χ2v) is 6.37. The molecule has 0 spiro atoms. The Morgan fingerprint density at radius 3 is 2.64 bits per heavy atom. The van der Waals surface area contributed by atoms with Crippen LogP contribution in [0.25, 0.3) is 0 Å². The van der Waals surface area contributed by atoms with Crippen molar-refractivity contribution >= 4 is 29.6 Å². The molecule has 0 aliphatic carbocycles. The van der Waals surface area contributed by atoms with E-state index in [-0.39, 0.29) is 24.0 Å². The summed E-state index contributed by atoms with van der Waals surface area (Å²) >= 11 is 1.05. The molecule has 0 bridgehead atoms. The van der Waals surface area contributed by atoms with Crippen LogP contribution >= 0.6 is 11.8 Å². The van der Waals surface area contributed by atoms with Gasteiger partial charge in [0.05, 0.1) is 42.1 Å². The summed E-state index contributed by atoms with van der Waals surface area (Å²) in [6, 6.07) is -0.398. The fourth-order valence-electron chi connectivity index (χ4n) is 3.05. The van der Waals surface area contributed by atoms with Gasteiger partial charge in [0.1, 0.15) is 0 Å². The largest absolute Gasteiger partial charge is 0.543 e. The van der Waals surface area contributed by atoms with Gasteiger partial charge in [0.25, 0.3) is 0 Å². The first-order chi connectivity index (χ1) is 10.3. The van der Waals surface area contributed by atoms with Crippen LogP contribution in [0.15, 0.2) is 10.6 Å². The number of nitrogens with zero attached hydrogens (tertiary/aromatic N) is 1. The fraction of sp³-hybridized carbons (Fsp3) is 0.643. The second kappa shape index (κ2) is 6.29. The van der Waals surface area contributed by atoms with Crippen LogP contribution in [0.3, 0.4) is 0 Å². The molecule has 1 N–H and O–H groups in total. The summed E-state index contributed by atoms with van der Waals surface area (Å²) in [6.07, 6.45) is -0.853. The van der Waals surface area contributed by atoms with E-state index in [0.717, 1.165) is 11.8 Å². The minimum absolute atomic E-state index is 0.0294. The van der Waals surface area contributed by atoms with Gasteiger partial charge in [-0.3, -0.25) is 9.59 Å². The number of carboxylic acids is 1. The molecule has 0 aromatic carbocycles. The van der Waals surface area contributed by atoms with E-state index in [1.807, 2.05) is 0 Å². The molecule has 2 aliphatic rings. The van der Waals surface area contributed by atoms with Gasteiger partial charge in [-0.15, -0.1) is 11.8 Å². The average molecular weight is 328 g/mol. The number of fused-ring (bicyclic) bond motifs is 1. The number of carboxylic acid groups (broad SMARTS) is 1. The van der Waals surface area contributed by atoms with Crippen LogP contribution in [-0.4, -0.2) is 52.4 Å². The third-order valence-electron chi connectivity index (χ3n) is 3.95. The standard InChI is InChI=1S/C14H19NO6S/c1-4-21-8(17)5-22-12-6(2)10-9(7(3)16)13(18)15(10)11(12)14(19)20/h6-7,9-10,16H,4-5H2,1-3H3,(H,19,20)/p-1/t6-,7-,9-,10-/m1/s1. The van der Waals surface area contributed by atoms with Crippen molar-refractivity contribution < 1.29 is 29.3 Å². The number of carbonyl (C=O) groups is 3. The van der Waals surface area contributed by atoms with Crippen LogP contribution in [0.1, 0.15) is 20.8 Å². The van der Waals surface area contributed by atoms with Crippen LogP contribution in [0.2, 0.25) is 0 Å². The minimum atomic E-state index is -1.45. The molecule has 0 radical (unpaired) electrons. The van der Waals surface area contributed by atoms with Crippen LogP contribution in [0.5, 0.6) is 0 Å². The lowest BCUT2D eigenvalue weighted by Crippen LogP contribution is -2.64. The second-order valence-electron chi connectivity index (χ2n) is 5.35. The zero-order valence-electron chi connectivity index (χ0n) is 12.6. The van der Waals surface area contributed by atoms with Gasteiger partial charge < -0.3 is 24.6 Å². The highest BCUT2D eigenvalue weighted by Crippen LogP contribution is 2.50. The SMILES string of the molecule is CCOC(=O)CSC1=C(C(=O)[O-])N2C(=O)[C@H]([C@@H](C)O)[C@H]2[C@H]1C. The Bertz CT molecular complexity index is 543. The Morgan fingerprint density at radius 1 is 1.50 bits per heavy atom. The Labute approximate surface area is 132 Å². The van der Waals surface area contributed by atoms with Gasteiger partial charge in [-0.1, -0.05) is 6.92 Å². The number of ether oxygens (including phenoxy) is 1. The highest BCUT2D eigenvalue weighted by molar-refractivity contribution is 8.03. The van der Waals surface area contributed by atoms with Gasteiger partial charge in [0, 0.05) is 10.8 Å². The first-order valence-electron chi connectivity index (χ1n) is 7.06. The normalized spacial score (nSPS) is 28.3. The van der Waals surface area contributed by atoms with Crippen LogP contribution in [0, 0.1) is 11.8 Å². The van der Waals surface area contributed by atoms with Crippen molar-refractivity contribution in [3.05, 3.63) is 10.6 Å². The zero-order chi connectivity index (χ0) is 16.6. The van der Waals surface area contributed by atoms with Gasteiger partial charge in [0.2, 0.25) is 5.91 Å². The number of hydrogen-bond acceptors (Lipinski definition) is 7. The molecule has 8 heteroatoms. The van der Waals surface area contributed by atoms with Gasteiger partial charge in [0.15, 0.2) is 0 Å². The maximum atomic E-state index is 12.1. The highest BCUT2D eigenvalue weighted by Gasteiger charge is 2.58. The van der Waals surface area contributed by atoms with Crippen molar-refractivity contribution in [2.45, 2.75) is 32.9 Å². The first kappa shape index (κ1) is 16.8. The molecular formula is C14H18NO6S-. The number of rotatable bonds is 6. The summed E-state index contributed by atoms with van der Waals surface area (Å²) in [7, 11) is 0. The summed E-state index contributed by atoms with van der Waals surface area (Å²) in [5.41, 5.74) is -0.186. The third kappa shape index (κ3) is 2.61. The van der Waals surface area contributed by atoms with E-state index in [1.165, 1.54) is 11.8 Å². The van der Waals surface area contributed by atoms with Crippen LogP contribution in [0.4, 0.5) is 0 Å². The van der Waals surface area contributed by atoms with Crippen LogP contribution < -0.4 is 5.11 Å². The maximum Gasteiger partial charge on any atom is 0.316 e.